The Morgan fingerprint density at radius 3 is 2.87 bits per heavy atom. The monoisotopic (exact) mass is 208 g/mol. The number of rotatable bonds is 2. The van der Waals surface area contributed by atoms with Gasteiger partial charge < -0.3 is 20.7 Å². The molecular weight excluding hydrogens is 192 g/mol. The Morgan fingerprint density at radius 2 is 2.20 bits per heavy atom. The molecule has 1 saturated heterocycles. The second kappa shape index (κ2) is 4.35. The van der Waals surface area contributed by atoms with Gasteiger partial charge in [0.25, 0.3) is 0 Å². The lowest BCUT2D eigenvalue weighted by Crippen LogP contribution is -2.43. The van der Waals surface area contributed by atoms with Crippen LogP contribution in [-0.2, 0) is 0 Å². The van der Waals surface area contributed by atoms with Crippen LogP contribution in [0.1, 0.15) is 0 Å². The van der Waals surface area contributed by atoms with E-state index >= 15 is 0 Å². The van der Waals surface area contributed by atoms with Crippen LogP contribution in [0.2, 0.25) is 0 Å². The van der Waals surface area contributed by atoms with Crippen LogP contribution in [0.4, 0.5) is 11.5 Å². The molecule has 1 fully saturated rings. The van der Waals surface area contributed by atoms with Crippen LogP contribution in [0.25, 0.3) is 0 Å². The molecule has 0 spiro atoms. The van der Waals surface area contributed by atoms with Gasteiger partial charge in [-0.05, 0) is 0 Å². The Bertz CT molecular complexity index is 336. The Hall–Kier alpha value is -1.49. The summed E-state index contributed by atoms with van der Waals surface area (Å²) < 4.78 is 5.30. The molecule has 2 heterocycles. The molecule has 0 radical (unpaired) electrons. The number of hydrogen-bond donors (Lipinski definition) is 2. The first-order valence-electron chi connectivity index (χ1n) is 5.06. The molecule has 0 bridgehead atoms. The Labute approximate surface area is 89.2 Å². The Kier molecular flexibility index (Phi) is 2.91. The summed E-state index contributed by atoms with van der Waals surface area (Å²) in [6.07, 6.45) is 1.78. The topological polar surface area (TPSA) is 63.4 Å². The Balaban J connectivity index is 2.25. The highest BCUT2D eigenvalue weighted by molar-refractivity contribution is 5.60. The highest BCUT2D eigenvalue weighted by Gasteiger charge is 2.15. The van der Waals surface area contributed by atoms with Crippen LogP contribution in [0.5, 0.6) is 5.75 Å². The molecule has 15 heavy (non-hydrogen) atoms. The number of methoxy groups -OCH3 is 1. The average Bonchev–Trinajstić information content (AvgIpc) is 2.30. The summed E-state index contributed by atoms with van der Waals surface area (Å²) in [5.41, 5.74) is 6.63. The van der Waals surface area contributed by atoms with Gasteiger partial charge in [0.15, 0.2) is 0 Å². The van der Waals surface area contributed by atoms with E-state index in [-0.39, 0.29) is 0 Å². The van der Waals surface area contributed by atoms with Crippen molar-refractivity contribution in [1.29, 1.82) is 0 Å². The van der Waals surface area contributed by atoms with Crippen molar-refractivity contribution in [2.75, 3.05) is 43.9 Å². The maximum atomic E-state index is 5.61. The summed E-state index contributed by atoms with van der Waals surface area (Å²) in [6.45, 7) is 3.94. The molecule has 82 valence electrons. The van der Waals surface area contributed by atoms with Gasteiger partial charge >= 0.3 is 0 Å². The van der Waals surface area contributed by atoms with Gasteiger partial charge in [-0.2, -0.15) is 0 Å². The van der Waals surface area contributed by atoms with Crippen LogP contribution in [0.3, 0.4) is 0 Å². The van der Waals surface area contributed by atoms with Crippen LogP contribution in [-0.4, -0.2) is 38.3 Å². The number of aromatic nitrogens is 1. The Morgan fingerprint density at radius 1 is 1.47 bits per heavy atom. The minimum Gasteiger partial charge on any atom is -0.494 e. The molecular formula is C10H16N4O. The first kappa shape index (κ1) is 10.0. The third kappa shape index (κ3) is 2.12. The lowest BCUT2D eigenvalue weighted by molar-refractivity contribution is 0.412. The number of nitrogens with two attached hydrogens (primary N) is 1. The van der Waals surface area contributed by atoms with E-state index in [9.17, 15) is 0 Å². The number of hydrogen-bond acceptors (Lipinski definition) is 5. The summed E-state index contributed by atoms with van der Waals surface area (Å²) in [6, 6.07) is 1.76. The third-order valence-corrected chi connectivity index (χ3v) is 2.54. The van der Waals surface area contributed by atoms with E-state index in [2.05, 4.69) is 15.2 Å². The number of nitrogens with one attached hydrogen (secondary N) is 1. The molecule has 2 rings (SSSR count). The van der Waals surface area contributed by atoms with E-state index in [0.29, 0.717) is 5.82 Å². The fourth-order valence-corrected chi connectivity index (χ4v) is 1.75. The van der Waals surface area contributed by atoms with Crippen molar-refractivity contribution in [3.8, 4) is 5.75 Å². The van der Waals surface area contributed by atoms with Crippen molar-refractivity contribution in [3.05, 3.63) is 12.3 Å². The van der Waals surface area contributed by atoms with Gasteiger partial charge in [0.05, 0.1) is 19.0 Å². The van der Waals surface area contributed by atoms with Crippen LogP contribution < -0.4 is 20.7 Å². The number of ether oxygens (including phenoxy) is 1. The number of pyridine rings is 1. The molecule has 5 heteroatoms. The maximum absolute atomic E-state index is 5.61. The zero-order chi connectivity index (χ0) is 10.7. The van der Waals surface area contributed by atoms with Gasteiger partial charge in [0.1, 0.15) is 11.6 Å². The molecule has 1 aliphatic rings. The summed E-state index contributed by atoms with van der Waals surface area (Å²) in [5, 5.41) is 3.31. The van der Waals surface area contributed by atoms with Crippen molar-refractivity contribution in [1.82, 2.24) is 10.3 Å². The number of nitrogens with zero attached hydrogens (tertiary/aromatic N) is 2. The molecule has 0 amide bonds. The van der Waals surface area contributed by atoms with E-state index in [1.807, 2.05) is 0 Å². The molecule has 1 aromatic rings. The van der Waals surface area contributed by atoms with E-state index in [4.69, 9.17) is 10.5 Å². The summed E-state index contributed by atoms with van der Waals surface area (Å²) in [4.78, 5) is 6.35. The average molecular weight is 208 g/mol. The molecule has 0 aromatic carbocycles. The molecule has 0 aliphatic carbocycles. The molecule has 3 N–H and O–H groups in total. The first-order chi connectivity index (χ1) is 7.31. The predicted molar refractivity (Wildman–Crippen MR) is 60.3 cm³/mol. The zero-order valence-corrected chi connectivity index (χ0v) is 8.86. The van der Waals surface area contributed by atoms with Crippen molar-refractivity contribution in [2.45, 2.75) is 0 Å². The largest absolute Gasteiger partial charge is 0.494 e. The number of anilines is 2. The minimum absolute atomic E-state index is 0.491. The predicted octanol–water partition coefficient (Wildman–Crippen LogP) is 0.0820. The maximum Gasteiger partial charge on any atom is 0.147 e. The fraction of sp³-hybridized carbons (Fsp3) is 0.500. The molecule has 1 aliphatic heterocycles. The van der Waals surface area contributed by atoms with Gasteiger partial charge in [-0.15, -0.1) is 0 Å². The first-order valence-corrected chi connectivity index (χ1v) is 5.06. The summed E-state index contributed by atoms with van der Waals surface area (Å²) in [5.74, 6) is 1.29. The van der Waals surface area contributed by atoms with E-state index < -0.39 is 0 Å². The van der Waals surface area contributed by atoms with Crippen molar-refractivity contribution < 1.29 is 4.74 Å². The standard InChI is InChI=1S/C10H16N4O/c1-15-9-6-10(11)13-7-8(9)14-4-2-12-3-5-14/h6-7,12H,2-5H2,1H3,(H2,11,13). The summed E-state index contributed by atoms with van der Waals surface area (Å²) >= 11 is 0. The van der Waals surface area contributed by atoms with Gasteiger partial charge in [-0.25, -0.2) is 4.98 Å². The number of nitrogen functional groups attached to an aromatic ring is 1. The van der Waals surface area contributed by atoms with Gasteiger partial charge in [-0.1, -0.05) is 0 Å². The smallest absolute Gasteiger partial charge is 0.147 e. The second-order valence-corrected chi connectivity index (χ2v) is 3.52. The zero-order valence-electron chi connectivity index (χ0n) is 8.86. The molecule has 0 unspecified atom stereocenters. The molecule has 0 saturated carbocycles. The van der Waals surface area contributed by atoms with Crippen molar-refractivity contribution in [2.24, 2.45) is 0 Å². The van der Waals surface area contributed by atoms with E-state index in [1.165, 1.54) is 0 Å². The van der Waals surface area contributed by atoms with Gasteiger partial charge in [0, 0.05) is 32.2 Å². The van der Waals surface area contributed by atoms with E-state index in [1.54, 1.807) is 19.4 Å². The highest BCUT2D eigenvalue weighted by Crippen LogP contribution is 2.28. The second-order valence-electron chi connectivity index (χ2n) is 3.52. The van der Waals surface area contributed by atoms with Crippen LogP contribution in [0.15, 0.2) is 12.3 Å². The van der Waals surface area contributed by atoms with Gasteiger partial charge in [0.2, 0.25) is 0 Å². The quantitative estimate of drug-likeness (QED) is 0.720. The summed E-state index contributed by atoms with van der Waals surface area (Å²) in [7, 11) is 1.65. The van der Waals surface area contributed by atoms with Crippen LogP contribution >= 0.6 is 0 Å². The molecule has 0 atom stereocenters. The molecule has 5 nitrogen and oxygen atoms in total. The molecule has 1 aromatic heterocycles. The SMILES string of the molecule is COc1cc(N)ncc1N1CCNCC1. The minimum atomic E-state index is 0.491. The third-order valence-electron chi connectivity index (χ3n) is 2.54. The van der Waals surface area contributed by atoms with Crippen molar-refractivity contribution in [3.63, 3.8) is 0 Å². The lowest BCUT2D eigenvalue weighted by atomic mass is 10.3. The van der Waals surface area contributed by atoms with Crippen molar-refractivity contribution >= 4 is 11.5 Å². The number of piperazine rings is 1. The van der Waals surface area contributed by atoms with Crippen LogP contribution in [0, 0.1) is 0 Å². The van der Waals surface area contributed by atoms with E-state index in [0.717, 1.165) is 37.6 Å². The van der Waals surface area contributed by atoms with Gasteiger partial charge in [-0.3, -0.25) is 0 Å². The normalized spacial score (nSPS) is 16.5. The fourth-order valence-electron chi connectivity index (χ4n) is 1.75. The highest BCUT2D eigenvalue weighted by atomic mass is 16.5. The lowest BCUT2D eigenvalue weighted by Gasteiger charge is -2.30.